The third-order valence-corrected chi connectivity index (χ3v) is 4.72. The van der Waals surface area contributed by atoms with Crippen LogP contribution in [0.5, 0.6) is 0 Å². The predicted molar refractivity (Wildman–Crippen MR) is 88.2 cm³/mol. The van der Waals surface area contributed by atoms with Crippen molar-refractivity contribution in [3.8, 4) is 0 Å². The molecule has 0 radical (unpaired) electrons. The maximum absolute atomic E-state index is 6.16. The predicted octanol–water partition coefficient (Wildman–Crippen LogP) is 3.41. The molecular formula is C17H24N2S. The van der Waals surface area contributed by atoms with Gasteiger partial charge in [-0.05, 0) is 43.9 Å². The van der Waals surface area contributed by atoms with Crippen LogP contribution in [-0.2, 0) is 13.0 Å². The summed E-state index contributed by atoms with van der Waals surface area (Å²) in [5.74, 6) is 0. The second-order valence-electron chi connectivity index (χ2n) is 5.37. The van der Waals surface area contributed by atoms with Crippen molar-refractivity contribution in [2.24, 2.45) is 5.73 Å². The highest BCUT2D eigenvalue weighted by Crippen LogP contribution is 2.20. The van der Waals surface area contributed by atoms with E-state index < -0.39 is 0 Å². The van der Waals surface area contributed by atoms with E-state index in [2.05, 4.69) is 55.6 Å². The second kappa shape index (κ2) is 7.58. The van der Waals surface area contributed by atoms with E-state index in [0.717, 1.165) is 25.9 Å². The summed E-state index contributed by atoms with van der Waals surface area (Å²) in [5, 5.41) is 3.46. The van der Waals surface area contributed by atoms with Crippen LogP contribution in [0.4, 0.5) is 0 Å². The number of aryl methyl sites for hydroxylation is 3. The molecule has 0 spiro atoms. The Morgan fingerprint density at radius 1 is 1.20 bits per heavy atom. The van der Waals surface area contributed by atoms with Crippen molar-refractivity contribution in [2.75, 3.05) is 6.54 Å². The lowest BCUT2D eigenvalue weighted by Crippen LogP contribution is -2.33. The summed E-state index contributed by atoms with van der Waals surface area (Å²) in [4.78, 5) is 2.81. The van der Waals surface area contributed by atoms with E-state index in [1.54, 1.807) is 0 Å². The van der Waals surface area contributed by atoms with E-state index in [9.17, 15) is 0 Å². The fraction of sp³-hybridized carbons (Fsp3) is 0.412. The molecule has 2 aromatic rings. The first kappa shape index (κ1) is 15.2. The molecule has 0 fully saturated rings. The van der Waals surface area contributed by atoms with Gasteiger partial charge in [0.2, 0.25) is 0 Å². The van der Waals surface area contributed by atoms with Crippen LogP contribution >= 0.6 is 11.3 Å². The molecule has 20 heavy (non-hydrogen) atoms. The summed E-state index contributed by atoms with van der Waals surface area (Å²) >= 11 is 1.87. The first-order valence-electron chi connectivity index (χ1n) is 7.21. The molecule has 108 valence electrons. The number of hydrogen-bond donors (Lipinski definition) is 2. The molecule has 3 N–H and O–H groups in total. The Labute approximate surface area is 126 Å². The molecule has 3 heteroatoms. The van der Waals surface area contributed by atoms with Crippen molar-refractivity contribution in [3.63, 3.8) is 0 Å². The summed E-state index contributed by atoms with van der Waals surface area (Å²) in [6.07, 6.45) is 2.08. The Morgan fingerprint density at radius 2 is 1.95 bits per heavy atom. The lowest BCUT2D eigenvalue weighted by atomic mass is 10.1. The highest BCUT2D eigenvalue weighted by Gasteiger charge is 2.05. The minimum atomic E-state index is 0.220. The molecule has 1 aromatic heterocycles. The van der Waals surface area contributed by atoms with E-state index in [0.29, 0.717) is 0 Å². The topological polar surface area (TPSA) is 38.0 Å². The fourth-order valence-corrected chi connectivity index (χ4v) is 3.24. The minimum Gasteiger partial charge on any atom is -0.327 e. The highest BCUT2D eigenvalue weighted by atomic mass is 32.1. The maximum Gasteiger partial charge on any atom is 0.0300 e. The van der Waals surface area contributed by atoms with Crippen LogP contribution in [0.1, 0.15) is 27.3 Å². The molecule has 2 rings (SSSR count). The normalized spacial score (nSPS) is 12.6. The van der Waals surface area contributed by atoms with Crippen LogP contribution < -0.4 is 11.1 Å². The molecule has 0 saturated carbocycles. The third-order valence-electron chi connectivity index (χ3n) is 3.57. The fourth-order valence-electron chi connectivity index (χ4n) is 2.22. The van der Waals surface area contributed by atoms with Gasteiger partial charge in [0.25, 0.3) is 0 Å². The lowest BCUT2D eigenvalue weighted by Gasteiger charge is -2.12. The molecule has 0 saturated heterocycles. The van der Waals surface area contributed by atoms with Crippen molar-refractivity contribution >= 4 is 11.3 Å². The van der Waals surface area contributed by atoms with Gasteiger partial charge in [-0.15, -0.1) is 11.3 Å². The smallest absolute Gasteiger partial charge is 0.0300 e. The first-order valence-corrected chi connectivity index (χ1v) is 8.03. The van der Waals surface area contributed by atoms with Crippen LogP contribution in [0.15, 0.2) is 36.4 Å². The van der Waals surface area contributed by atoms with Crippen LogP contribution in [0, 0.1) is 13.8 Å². The second-order valence-corrected chi connectivity index (χ2v) is 6.71. The Hall–Kier alpha value is -1.16. The SMILES string of the molecule is Cc1cc(CNCC(N)CCc2ccccc2)sc1C. The van der Waals surface area contributed by atoms with Crippen molar-refractivity contribution in [1.82, 2.24) is 5.32 Å². The quantitative estimate of drug-likeness (QED) is 0.819. The zero-order valence-corrected chi connectivity index (χ0v) is 13.2. The molecule has 0 bridgehead atoms. The average Bonchev–Trinajstić information content (AvgIpc) is 2.76. The van der Waals surface area contributed by atoms with Crippen molar-refractivity contribution in [1.29, 1.82) is 0 Å². The molecule has 0 aliphatic carbocycles. The van der Waals surface area contributed by atoms with E-state index in [4.69, 9.17) is 5.73 Å². The van der Waals surface area contributed by atoms with Gasteiger partial charge in [0.15, 0.2) is 0 Å². The summed E-state index contributed by atoms with van der Waals surface area (Å²) < 4.78 is 0. The Balaban J connectivity index is 1.66. The average molecular weight is 288 g/mol. The van der Waals surface area contributed by atoms with E-state index >= 15 is 0 Å². The molecule has 1 unspecified atom stereocenters. The van der Waals surface area contributed by atoms with E-state index in [-0.39, 0.29) is 6.04 Å². The zero-order chi connectivity index (χ0) is 14.4. The van der Waals surface area contributed by atoms with E-state index in [1.807, 2.05) is 11.3 Å². The van der Waals surface area contributed by atoms with Crippen molar-refractivity contribution in [3.05, 3.63) is 57.3 Å². The molecule has 0 aliphatic heterocycles. The van der Waals surface area contributed by atoms with Gasteiger partial charge in [-0.25, -0.2) is 0 Å². The standard InChI is InChI=1S/C17H24N2S/c1-13-10-17(20-14(13)2)12-19-11-16(18)9-8-15-6-4-3-5-7-15/h3-7,10,16,19H,8-9,11-12,18H2,1-2H3. The maximum atomic E-state index is 6.16. The number of rotatable bonds is 7. The minimum absolute atomic E-state index is 0.220. The van der Waals surface area contributed by atoms with Crippen molar-refractivity contribution < 1.29 is 0 Å². The Kier molecular flexibility index (Phi) is 5.77. The number of hydrogen-bond acceptors (Lipinski definition) is 3. The molecule has 1 aromatic carbocycles. The summed E-state index contributed by atoms with van der Waals surface area (Å²) in [6, 6.07) is 13.0. The van der Waals surface area contributed by atoms with Crippen LogP contribution in [-0.4, -0.2) is 12.6 Å². The van der Waals surface area contributed by atoms with Crippen LogP contribution in [0.25, 0.3) is 0 Å². The van der Waals surface area contributed by atoms with E-state index in [1.165, 1.54) is 20.9 Å². The largest absolute Gasteiger partial charge is 0.327 e. The molecule has 0 amide bonds. The van der Waals surface area contributed by atoms with Gasteiger partial charge in [0.05, 0.1) is 0 Å². The van der Waals surface area contributed by atoms with Crippen LogP contribution in [0.2, 0.25) is 0 Å². The molecule has 2 nitrogen and oxygen atoms in total. The Bertz CT molecular complexity index is 500. The van der Waals surface area contributed by atoms with Gasteiger partial charge >= 0.3 is 0 Å². The van der Waals surface area contributed by atoms with Gasteiger partial charge in [-0.2, -0.15) is 0 Å². The van der Waals surface area contributed by atoms with Gasteiger partial charge in [0, 0.05) is 28.9 Å². The first-order chi connectivity index (χ1) is 9.65. The molecular weight excluding hydrogens is 264 g/mol. The number of benzene rings is 1. The zero-order valence-electron chi connectivity index (χ0n) is 12.4. The molecule has 0 aliphatic rings. The lowest BCUT2D eigenvalue weighted by molar-refractivity contribution is 0.546. The monoisotopic (exact) mass is 288 g/mol. The number of thiophene rings is 1. The summed E-state index contributed by atoms with van der Waals surface area (Å²) in [7, 11) is 0. The third kappa shape index (κ3) is 4.75. The number of nitrogens with two attached hydrogens (primary N) is 1. The highest BCUT2D eigenvalue weighted by molar-refractivity contribution is 7.12. The van der Waals surface area contributed by atoms with Gasteiger partial charge < -0.3 is 11.1 Å². The molecule has 1 heterocycles. The Morgan fingerprint density at radius 3 is 2.60 bits per heavy atom. The number of nitrogens with one attached hydrogen (secondary N) is 1. The molecule has 1 atom stereocenters. The van der Waals surface area contributed by atoms with Crippen LogP contribution in [0.3, 0.4) is 0 Å². The van der Waals surface area contributed by atoms with Crippen molar-refractivity contribution in [2.45, 2.75) is 39.3 Å². The summed E-state index contributed by atoms with van der Waals surface area (Å²) in [6.45, 7) is 6.15. The van der Waals surface area contributed by atoms with Gasteiger partial charge in [-0.1, -0.05) is 30.3 Å². The van der Waals surface area contributed by atoms with Gasteiger partial charge in [0.1, 0.15) is 0 Å². The summed E-state index contributed by atoms with van der Waals surface area (Å²) in [5.41, 5.74) is 8.92. The van der Waals surface area contributed by atoms with Gasteiger partial charge in [-0.3, -0.25) is 0 Å².